The average molecular weight is 351 g/mol. The van der Waals surface area contributed by atoms with Crippen molar-refractivity contribution in [3.05, 3.63) is 57.9 Å². The van der Waals surface area contributed by atoms with Crippen LogP contribution in [0.4, 0.5) is 0 Å². The number of aromatic nitrogens is 1. The van der Waals surface area contributed by atoms with Gasteiger partial charge in [-0.25, -0.2) is 0 Å². The topological polar surface area (TPSA) is 67.0 Å². The van der Waals surface area contributed by atoms with Gasteiger partial charge in [-0.3, -0.25) is 4.79 Å². The van der Waals surface area contributed by atoms with Gasteiger partial charge in [-0.1, -0.05) is 12.1 Å². The van der Waals surface area contributed by atoms with Crippen molar-refractivity contribution in [2.75, 3.05) is 20.3 Å². The number of carbonyl (C=O) groups is 1. The molecule has 136 valence electrons. The van der Waals surface area contributed by atoms with Gasteiger partial charge in [0.05, 0.1) is 6.61 Å². The number of carbonyl (C=O) groups excluding carboxylic acids is 1. The predicted molar refractivity (Wildman–Crippen MR) is 103 cm³/mol. The smallest absolute Gasteiger partial charge is 0.262 e. The Labute approximate surface area is 154 Å². The van der Waals surface area contributed by atoms with E-state index in [4.69, 9.17) is 4.74 Å². The monoisotopic (exact) mass is 351 g/mol. The van der Waals surface area contributed by atoms with E-state index in [2.05, 4.69) is 35.9 Å². The van der Waals surface area contributed by atoms with Gasteiger partial charge in [-0.15, -0.1) is 0 Å². The fraction of sp³-hybridized carbons (Fsp3) is 0.333. The Morgan fingerprint density at radius 2 is 2.04 bits per heavy atom. The van der Waals surface area contributed by atoms with Gasteiger partial charge >= 0.3 is 0 Å². The van der Waals surface area contributed by atoms with E-state index in [1.807, 2.05) is 32.0 Å². The summed E-state index contributed by atoms with van der Waals surface area (Å²) in [6.45, 7) is 8.99. The molecule has 0 fully saturated rings. The molecule has 26 heavy (non-hydrogen) atoms. The Balaban J connectivity index is 2.42. The molecule has 0 atom stereocenters. The number of nitriles is 1. The molecule has 2 rings (SSSR count). The summed E-state index contributed by atoms with van der Waals surface area (Å²) in [5, 5.41) is 12.0. The minimum Gasteiger partial charge on any atom is -0.383 e. The van der Waals surface area contributed by atoms with E-state index in [1.54, 1.807) is 13.2 Å². The van der Waals surface area contributed by atoms with Crippen LogP contribution in [0.25, 0.3) is 11.8 Å². The van der Waals surface area contributed by atoms with E-state index in [9.17, 15) is 10.1 Å². The molecule has 0 bridgehead atoms. The summed E-state index contributed by atoms with van der Waals surface area (Å²) in [5.41, 5.74) is 6.55. The van der Waals surface area contributed by atoms with Crippen molar-refractivity contribution in [2.24, 2.45) is 0 Å². The number of methoxy groups -OCH3 is 1. The summed E-state index contributed by atoms with van der Waals surface area (Å²) in [4.78, 5) is 12.2. The molecule has 1 amide bonds. The van der Waals surface area contributed by atoms with Crippen LogP contribution < -0.4 is 5.32 Å². The van der Waals surface area contributed by atoms with Crippen molar-refractivity contribution >= 4 is 12.0 Å². The molecule has 0 saturated heterocycles. The molecule has 0 aliphatic rings. The van der Waals surface area contributed by atoms with Gasteiger partial charge in [0.15, 0.2) is 0 Å². The van der Waals surface area contributed by atoms with Crippen molar-refractivity contribution in [1.82, 2.24) is 9.88 Å². The molecule has 1 heterocycles. The van der Waals surface area contributed by atoms with Gasteiger partial charge in [0.2, 0.25) is 0 Å². The van der Waals surface area contributed by atoms with Crippen LogP contribution >= 0.6 is 0 Å². The fourth-order valence-corrected chi connectivity index (χ4v) is 2.95. The zero-order valence-electron chi connectivity index (χ0n) is 16.0. The quantitative estimate of drug-likeness (QED) is 0.493. The highest BCUT2D eigenvalue weighted by molar-refractivity contribution is 6.01. The first-order valence-electron chi connectivity index (χ1n) is 8.55. The number of nitrogens with one attached hydrogen (secondary N) is 1. The lowest BCUT2D eigenvalue weighted by atomic mass is 10.1. The zero-order valence-corrected chi connectivity index (χ0v) is 16.0. The summed E-state index contributed by atoms with van der Waals surface area (Å²) in [5.74, 6) is -0.388. The van der Waals surface area contributed by atoms with Crippen molar-refractivity contribution < 1.29 is 9.53 Å². The molecule has 5 nitrogen and oxygen atoms in total. The summed E-state index contributed by atoms with van der Waals surface area (Å²) in [6.07, 6.45) is 1.64. The molecule has 0 spiro atoms. The van der Waals surface area contributed by atoms with Crippen molar-refractivity contribution in [3.63, 3.8) is 0 Å². The molecule has 5 heteroatoms. The van der Waals surface area contributed by atoms with Crippen LogP contribution in [-0.4, -0.2) is 30.7 Å². The largest absolute Gasteiger partial charge is 0.383 e. The van der Waals surface area contributed by atoms with Crippen LogP contribution in [0, 0.1) is 39.0 Å². The maximum Gasteiger partial charge on any atom is 0.262 e. The molecular formula is C21H25N3O2. The highest BCUT2D eigenvalue weighted by Crippen LogP contribution is 2.26. The van der Waals surface area contributed by atoms with Crippen LogP contribution in [0.15, 0.2) is 29.8 Å². The first-order valence-corrected chi connectivity index (χ1v) is 8.55. The summed E-state index contributed by atoms with van der Waals surface area (Å²) in [6, 6.07) is 10.2. The maximum atomic E-state index is 12.2. The number of hydrogen-bond donors (Lipinski definition) is 1. The Bertz CT molecular complexity index is 885. The molecule has 2 aromatic rings. The number of nitrogens with zero attached hydrogens (tertiary/aromatic N) is 2. The third-order valence-corrected chi connectivity index (χ3v) is 4.54. The molecule has 0 aliphatic carbocycles. The molecule has 0 saturated carbocycles. The number of hydrogen-bond acceptors (Lipinski definition) is 3. The molecule has 1 aromatic carbocycles. The number of amides is 1. The number of ether oxygens (including phenoxy) is 1. The molecule has 1 N–H and O–H groups in total. The Morgan fingerprint density at radius 3 is 2.69 bits per heavy atom. The Hall–Kier alpha value is -2.84. The van der Waals surface area contributed by atoms with Crippen LogP contribution in [0.1, 0.15) is 28.1 Å². The van der Waals surface area contributed by atoms with E-state index < -0.39 is 0 Å². The third-order valence-electron chi connectivity index (χ3n) is 4.54. The van der Waals surface area contributed by atoms with Crippen LogP contribution in [0.3, 0.4) is 0 Å². The van der Waals surface area contributed by atoms with E-state index in [-0.39, 0.29) is 11.5 Å². The lowest BCUT2D eigenvalue weighted by Crippen LogP contribution is -2.27. The first-order chi connectivity index (χ1) is 12.4. The molecule has 0 radical (unpaired) electrons. The standard InChI is InChI=1S/C21H25N3O2/c1-14-7-6-8-20(16(14)3)24-15(2)11-18(17(24)4)12-19(13-22)21(25)23-9-10-26-5/h6-8,11-12H,9-10H2,1-5H3,(H,23,25)/b19-12+. The summed E-state index contributed by atoms with van der Waals surface area (Å²) in [7, 11) is 1.56. The van der Waals surface area contributed by atoms with Crippen LogP contribution in [0.2, 0.25) is 0 Å². The normalized spacial score (nSPS) is 11.3. The molecule has 0 unspecified atom stereocenters. The van der Waals surface area contributed by atoms with E-state index in [0.717, 1.165) is 22.6 Å². The molecular weight excluding hydrogens is 326 g/mol. The van der Waals surface area contributed by atoms with Crippen LogP contribution in [-0.2, 0) is 9.53 Å². The highest BCUT2D eigenvalue weighted by atomic mass is 16.5. The van der Waals surface area contributed by atoms with E-state index >= 15 is 0 Å². The van der Waals surface area contributed by atoms with Crippen molar-refractivity contribution in [3.8, 4) is 11.8 Å². The minimum absolute atomic E-state index is 0.0855. The average Bonchev–Trinajstić information content (AvgIpc) is 2.89. The second-order valence-corrected chi connectivity index (χ2v) is 6.30. The Morgan fingerprint density at radius 1 is 1.31 bits per heavy atom. The Kier molecular flexibility index (Phi) is 6.37. The van der Waals surface area contributed by atoms with Crippen molar-refractivity contribution in [1.29, 1.82) is 5.26 Å². The molecule has 0 aliphatic heterocycles. The highest BCUT2D eigenvalue weighted by Gasteiger charge is 2.14. The lowest BCUT2D eigenvalue weighted by Gasteiger charge is -2.14. The van der Waals surface area contributed by atoms with Crippen LogP contribution in [0.5, 0.6) is 0 Å². The van der Waals surface area contributed by atoms with E-state index in [1.165, 1.54) is 11.1 Å². The second-order valence-electron chi connectivity index (χ2n) is 6.30. The maximum absolute atomic E-state index is 12.2. The van der Waals surface area contributed by atoms with Crippen molar-refractivity contribution in [2.45, 2.75) is 27.7 Å². The summed E-state index contributed by atoms with van der Waals surface area (Å²) >= 11 is 0. The number of benzene rings is 1. The third kappa shape index (κ3) is 4.04. The number of aryl methyl sites for hydroxylation is 2. The van der Waals surface area contributed by atoms with Gasteiger partial charge in [0.1, 0.15) is 11.6 Å². The zero-order chi connectivity index (χ0) is 19.3. The van der Waals surface area contributed by atoms with Gasteiger partial charge in [-0.2, -0.15) is 5.26 Å². The molecule has 1 aromatic heterocycles. The number of rotatable bonds is 6. The minimum atomic E-state index is -0.388. The fourth-order valence-electron chi connectivity index (χ4n) is 2.95. The van der Waals surface area contributed by atoms with Gasteiger partial charge in [0.25, 0.3) is 5.91 Å². The van der Waals surface area contributed by atoms with E-state index in [0.29, 0.717) is 13.2 Å². The second kappa shape index (κ2) is 8.50. The van der Waals surface area contributed by atoms with Gasteiger partial charge in [-0.05, 0) is 62.6 Å². The van der Waals surface area contributed by atoms with Gasteiger partial charge < -0.3 is 14.6 Å². The first kappa shape index (κ1) is 19.5. The predicted octanol–water partition coefficient (Wildman–Crippen LogP) is 3.38. The SMILES string of the molecule is COCCNC(=O)/C(C#N)=C/c1cc(C)n(-c2cccc(C)c2C)c1C. The summed E-state index contributed by atoms with van der Waals surface area (Å²) < 4.78 is 7.07. The van der Waals surface area contributed by atoms with Gasteiger partial charge in [0, 0.05) is 30.7 Å². The lowest BCUT2D eigenvalue weighted by molar-refractivity contribution is -0.117.